The molecule has 2 atom stereocenters. The van der Waals surface area contributed by atoms with E-state index < -0.39 is 23.5 Å². The van der Waals surface area contributed by atoms with Crippen molar-refractivity contribution in [1.29, 1.82) is 0 Å². The maximum absolute atomic E-state index is 13.1. The van der Waals surface area contributed by atoms with Crippen LogP contribution in [0.5, 0.6) is 0 Å². The molecule has 1 aliphatic rings. The number of alkyl halides is 3. The molecule has 0 bridgehead atoms. The largest absolute Gasteiger partial charge is 0.416 e. The molecule has 25 heavy (non-hydrogen) atoms. The minimum atomic E-state index is -4.46. The van der Waals surface area contributed by atoms with Crippen molar-refractivity contribution in [3.8, 4) is 0 Å². The fraction of sp³-hybridized carbons (Fsp3) is 0.316. The zero-order valence-electron chi connectivity index (χ0n) is 13.6. The van der Waals surface area contributed by atoms with E-state index in [0.29, 0.717) is 18.5 Å². The third-order valence-corrected chi connectivity index (χ3v) is 4.66. The molecule has 1 amide bonds. The Morgan fingerprint density at radius 2 is 1.80 bits per heavy atom. The van der Waals surface area contributed by atoms with Gasteiger partial charge in [0.15, 0.2) is 0 Å². The number of rotatable bonds is 3. The van der Waals surface area contributed by atoms with Crippen molar-refractivity contribution < 1.29 is 22.4 Å². The number of carbonyl (C=O) groups is 1. The van der Waals surface area contributed by atoms with Crippen LogP contribution in [0.15, 0.2) is 48.5 Å². The summed E-state index contributed by atoms with van der Waals surface area (Å²) in [5.41, 5.74) is 0.145. The molecule has 0 spiro atoms. The summed E-state index contributed by atoms with van der Waals surface area (Å²) < 4.78 is 52.0. The average molecular weight is 351 g/mol. The summed E-state index contributed by atoms with van der Waals surface area (Å²) in [6.45, 7) is 2.28. The number of benzene rings is 2. The highest BCUT2D eigenvalue weighted by Crippen LogP contribution is 2.39. The summed E-state index contributed by atoms with van der Waals surface area (Å²) in [5.74, 6) is -1.15. The average Bonchev–Trinajstić information content (AvgIpc) is 2.92. The second-order valence-electron chi connectivity index (χ2n) is 6.19. The number of carbonyl (C=O) groups excluding carboxylic acids is 1. The first-order valence-corrected chi connectivity index (χ1v) is 8.05. The quantitative estimate of drug-likeness (QED) is 0.713. The monoisotopic (exact) mass is 351 g/mol. The normalized spacial score (nSPS) is 21.0. The lowest BCUT2D eigenvalue weighted by Crippen LogP contribution is -2.26. The summed E-state index contributed by atoms with van der Waals surface area (Å²) >= 11 is 0. The van der Waals surface area contributed by atoms with Crippen molar-refractivity contribution in [3.05, 3.63) is 65.5 Å². The predicted octanol–water partition coefficient (Wildman–Crippen LogP) is 5.00. The Kier molecular flexibility index (Phi) is 4.54. The van der Waals surface area contributed by atoms with E-state index in [2.05, 4.69) is 0 Å². The summed E-state index contributed by atoms with van der Waals surface area (Å²) in [7, 11) is 0. The van der Waals surface area contributed by atoms with Crippen LogP contribution < -0.4 is 4.90 Å². The van der Waals surface area contributed by atoms with E-state index >= 15 is 0 Å². The van der Waals surface area contributed by atoms with Gasteiger partial charge in [0.05, 0.1) is 11.5 Å². The Labute approximate surface area is 143 Å². The minimum Gasteiger partial charge on any atom is -0.312 e. The van der Waals surface area contributed by atoms with Gasteiger partial charge in [-0.2, -0.15) is 13.2 Å². The fourth-order valence-corrected chi connectivity index (χ4v) is 3.33. The van der Waals surface area contributed by atoms with Gasteiger partial charge in [-0.05, 0) is 41.8 Å². The molecule has 0 saturated carbocycles. The number of amides is 1. The van der Waals surface area contributed by atoms with Gasteiger partial charge in [-0.25, -0.2) is 4.39 Å². The lowest BCUT2D eigenvalue weighted by atomic mass is 9.87. The zero-order valence-corrected chi connectivity index (χ0v) is 13.6. The van der Waals surface area contributed by atoms with Crippen LogP contribution >= 0.6 is 0 Å². The van der Waals surface area contributed by atoms with Crippen molar-refractivity contribution >= 4 is 11.6 Å². The maximum Gasteiger partial charge on any atom is 0.416 e. The van der Waals surface area contributed by atoms with E-state index in [-0.39, 0.29) is 17.5 Å². The van der Waals surface area contributed by atoms with Gasteiger partial charge in [0.2, 0.25) is 5.91 Å². The van der Waals surface area contributed by atoms with Crippen LogP contribution in [-0.2, 0) is 11.0 Å². The second-order valence-corrected chi connectivity index (χ2v) is 6.19. The van der Waals surface area contributed by atoms with Crippen molar-refractivity contribution in [3.63, 3.8) is 0 Å². The molecule has 1 aliphatic heterocycles. The van der Waals surface area contributed by atoms with Crippen LogP contribution in [0.3, 0.4) is 0 Å². The van der Waals surface area contributed by atoms with Gasteiger partial charge in [-0.1, -0.05) is 31.5 Å². The summed E-state index contributed by atoms with van der Waals surface area (Å²) in [4.78, 5) is 14.3. The number of halogens is 4. The van der Waals surface area contributed by atoms with Crippen molar-refractivity contribution in [2.45, 2.75) is 25.4 Å². The van der Waals surface area contributed by atoms with Crippen LogP contribution in [0.1, 0.15) is 30.4 Å². The Bertz CT molecular complexity index is 770. The van der Waals surface area contributed by atoms with Crippen molar-refractivity contribution in [2.24, 2.45) is 5.92 Å². The number of hydrogen-bond donors (Lipinski definition) is 0. The third-order valence-electron chi connectivity index (χ3n) is 4.66. The van der Waals surface area contributed by atoms with Crippen LogP contribution in [-0.4, -0.2) is 12.5 Å². The molecule has 0 radical (unpaired) electrons. The van der Waals surface area contributed by atoms with Crippen LogP contribution in [0.4, 0.5) is 23.2 Å². The molecule has 0 aliphatic carbocycles. The summed E-state index contributed by atoms with van der Waals surface area (Å²) in [5, 5.41) is 0. The standard InChI is InChI=1S/C19H17F4NO/c1-2-12-11-24(16-5-3-4-14(10-16)19(21,22)23)18(25)17(12)13-6-8-15(20)9-7-13/h3-10,12,17H,2,11H2,1H3/t12-,17-/m1/s1. The molecule has 1 fully saturated rings. The molecule has 132 valence electrons. The maximum atomic E-state index is 13.1. The lowest BCUT2D eigenvalue weighted by molar-refractivity contribution is -0.137. The second kappa shape index (κ2) is 6.50. The number of nitrogens with zero attached hydrogens (tertiary/aromatic N) is 1. The molecule has 0 N–H and O–H groups in total. The highest BCUT2D eigenvalue weighted by atomic mass is 19.4. The van der Waals surface area contributed by atoms with Gasteiger partial charge in [0, 0.05) is 12.2 Å². The molecule has 2 nitrogen and oxygen atoms in total. The number of anilines is 1. The minimum absolute atomic E-state index is 0.0347. The van der Waals surface area contributed by atoms with Crippen molar-refractivity contribution in [1.82, 2.24) is 0 Å². The Hall–Kier alpha value is -2.37. The molecule has 6 heteroatoms. The van der Waals surface area contributed by atoms with E-state index in [1.54, 1.807) is 12.1 Å². The van der Waals surface area contributed by atoms with E-state index in [4.69, 9.17) is 0 Å². The van der Waals surface area contributed by atoms with Gasteiger partial charge >= 0.3 is 6.18 Å². The SMILES string of the molecule is CC[C@@H]1CN(c2cccc(C(F)(F)F)c2)C(=O)[C@H]1c1ccc(F)cc1. The topological polar surface area (TPSA) is 20.3 Å². The van der Waals surface area contributed by atoms with Gasteiger partial charge in [-0.15, -0.1) is 0 Å². The van der Waals surface area contributed by atoms with Gasteiger partial charge in [-0.3, -0.25) is 4.79 Å². The van der Waals surface area contributed by atoms with Crippen LogP contribution in [0, 0.1) is 11.7 Å². The first kappa shape index (κ1) is 17.5. The predicted molar refractivity (Wildman–Crippen MR) is 86.7 cm³/mol. The molecule has 2 aromatic carbocycles. The Morgan fingerprint density at radius 3 is 2.40 bits per heavy atom. The first-order valence-electron chi connectivity index (χ1n) is 8.05. The van der Waals surface area contributed by atoms with Gasteiger partial charge < -0.3 is 4.90 Å². The van der Waals surface area contributed by atoms with E-state index in [1.165, 1.54) is 29.2 Å². The molecule has 2 aromatic rings. The lowest BCUT2D eigenvalue weighted by Gasteiger charge is -2.18. The zero-order chi connectivity index (χ0) is 18.2. The van der Waals surface area contributed by atoms with Crippen LogP contribution in [0.25, 0.3) is 0 Å². The molecule has 0 aromatic heterocycles. The number of hydrogen-bond acceptors (Lipinski definition) is 1. The molecule has 3 rings (SSSR count). The third kappa shape index (κ3) is 3.38. The van der Waals surface area contributed by atoms with Gasteiger partial charge in [0.25, 0.3) is 0 Å². The van der Waals surface area contributed by atoms with E-state index in [9.17, 15) is 22.4 Å². The van der Waals surface area contributed by atoms with Gasteiger partial charge in [0.1, 0.15) is 5.82 Å². The highest BCUT2D eigenvalue weighted by molar-refractivity contribution is 6.00. The smallest absolute Gasteiger partial charge is 0.312 e. The van der Waals surface area contributed by atoms with Crippen molar-refractivity contribution in [2.75, 3.05) is 11.4 Å². The Morgan fingerprint density at radius 1 is 1.12 bits per heavy atom. The fourth-order valence-electron chi connectivity index (χ4n) is 3.33. The summed E-state index contributed by atoms with van der Waals surface area (Å²) in [6, 6.07) is 10.5. The highest BCUT2D eigenvalue weighted by Gasteiger charge is 2.41. The summed E-state index contributed by atoms with van der Waals surface area (Å²) in [6.07, 6.45) is -3.76. The Balaban J connectivity index is 1.94. The first-order chi connectivity index (χ1) is 11.8. The molecule has 1 heterocycles. The molecular formula is C19H17F4NO. The van der Waals surface area contributed by atoms with E-state index in [0.717, 1.165) is 12.1 Å². The van der Waals surface area contributed by atoms with E-state index in [1.807, 2.05) is 6.92 Å². The molecule has 0 unspecified atom stereocenters. The molecular weight excluding hydrogens is 334 g/mol. The molecule has 1 saturated heterocycles. The van der Waals surface area contributed by atoms with Crippen LogP contribution in [0.2, 0.25) is 0 Å².